The highest BCUT2D eigenvalue weighted by Crippen LogP contribution is 2.17. The van der Waals surface area contributed by atoms with Crippen LogP contribution in [0.4, 0.5) is 9.59 Å². The van der Waals surface area contributed by atoms with Crippen molar-refractivity contribution in [2.24, 2.45) is 0 Å². The maximum atomic E-state index is 12.4. The molecule has 0 fully saturated rings. The number of methoxy groups -OCH3 is 1. The maximum absolute atomic E-state index is 12.4. The largest absolute Gasteiger partial charge is 0.467 e. The average molecular weight is 1290 g/mol. The molecule has 0 rings (SSSR count). The van der Waals surface area contributed by atoms with Gasteiger partial charge in [0.05, 0.1) is 13.7 Å². The van der Waals surface area contributed by atoms with Crippen molar-refractivity contribution in [2.45, 2.75) is 419 Å². The van der Waals surface area contributed by atoms with Crippen LogP contribution in [0.15, 0.2) is 0 Å². The van der Waals surface area contributed by atoms with Gasteiger partial charge >= 0.3 is 24.0 Å². The number of carbonyl (C=O) groups is 6. The van der Waals surface area contributed by atoms with Crippen LogP contribution in [0.25, 0.3) is 0 Å². The van der Waals surface area contributed by atoms with E-state index in [2.05, 4.69) is 59.6 Å². The van der Waals surface area contributed by atoms with E-state index in [1.165, 1.54) is 277 Å². The zero-order valence-corrected chi connectivity index (χ0v) is 61.0. The molecule has 0 saturated heterocycles. The molecule has 0 radical (unpaired) electrons. The van der Waals surface area contributed by atoms with E-state index in [-0.39, 0.29) is 30.5 Å². The standard InChI is InChI=1S/C39H77N3O4.C38H75N3O4/c1-4-7-9-11-13-15-16-17-18-19-20-21-23-25-27-30-35-41-39(45)42-36(38(44)46-6-3)32-29-31-34-40-37(43)33-28-26-24-22-14-12-10-8-5-2;1-4-6-8-10-12-14-15-16-17-18-19-20-22-24-26-29-34-40-38(44)41-35(37(43)45-3)31-28-30-33-39-36(42)32-27-25-23-21-13-11-9-7-5-2/h36H,4-35H2,1-3H3,(H,40,43)(H2,41,42,45);35H,4-34H2,1-3H3,(H,39,42)(H2,40,41,44). The first kappa shape index (κ1) is 89.5. The summed E-state index contributed by atoms with van der Waals surface area (Å²) >= 11 is 0. The summed E-state index contributed by atoms with van der Waals surface area (Å²) in [5.74, 6) is -0.609. The van der Waals surface area contributed by atoms with E-state index in [1.807, 2.05) is 0 Å². The molecule has 0 aliphatic rings. The lowest BCUT2D eigenvalue weighted by atomic mass is 10.0. The fourth-order valence-corrected chi connectivity index (χ4v) is 11.8. The highest BCUT2D eigenvalue weighted by atomic mass is 16.5. The molecule has 0 aliphatic carbocycles. The summed E-state index contributed by atoms with van der Waals surface area (Å²) in [5.41, 5.74) is 0. The van der Waals surface area contributed by atoms with Crippen molar-refractivity contribution in [2.75, 3.05) is 39.9 Å². The van der Waals surface area contributed by atoms with Crippen LogP contribution in [0.5, 0.6) is 0 Å². The molecule has 0 aromatic heterocycles. The Hall–Kier alpha value is -3.58. The Bertz CT molecular complexity index is 1590. The molecule has 0 heterocycles. The fourth-order valence-electron chi connectivity index (χ4n) is 11.8. The third-order valence-electron chi connectivity index (χ3n) is 17.8. The molecule has 2 atom stereocenters. The number of ether oxygens (including phenoxy) is 2. The van der Waals surface area contributed by atoms with E-state index in [1.54, 1.807) is 6.92 Å². The Morgan fingerprint density at radius 3 is 0.736 bits per heavy atom. The van der Waals surface area contributed by atoms with Crippen LogP contribution in [-0.2, 0) is 28.7 Å². The van der Waals surface area contributed by atoms with Gasteiger partial charge in [0.1, 0.15) is 12.1 Å². The normalized spacial score (nSPS) is 11.7. The van der Waals surface area contributed by atoms with Crippen LogP contribution < -0.4 is 31.9 Å². The third kappa shape index (κ3) is 70.6. The molecule has 0 saturated carbocycles. The van der Waals surface area contributed by atoms with Crippen LogP contribution in [-0.4, -0.2) is 87.8 Å². The zero-order chi connectivity index (χ0) is 66.8. The number of hydrogen-bond donors (Lipinski definition) is 6. The Labute approximate surface area is 562 Å². The minimum atomic E-state index is -0.668. The van der Waals surface area contributed by atoms with Gasteiger partial charge in [-0.05, 0) is 71.1 Å². The summed E-state index contributed by atoms with van der Waals surface area (Å²) < 4.78 is 10.1. The molecule has 14 heteroatoms. The van der Waals surface area contributed by atoms with E-state index < -0.39 is 24.0 Å². The van der Waals surface area contributed by atoms with Gasteiger partial charge in [0.15, 0.2) is 0 Å². The molecular weight excluding hydrogens is 1140 g/mol. The van der Waals surface area contributed by atoms with Gasteiger partial charge in [0.2, 0.25) is 11.8 Å². The van der Waals surface area contributed by atoms with Gasteiger partial charge in [-0.3, -0.25) is 9.59 Å². The van der Waals surface area contributed by atoms with Gasteiger partial charge in [-0.2, -0.15) is 0 Å². The molecule has 0 aliphatic heterocycles. The second kappa shape index (κ2) is 75.4. The van der Waals surface area contributed by atoms with Crippen molar-refractivity contribution in [3.05, 3.63) is 0 Å². The van der Waals surface area contributed by atoms with Gasteiger partial charge < -0.3 is 41.4 Å². The molecule has 91 heavy (non-hydrogen) atoms. The smallest absolute Gasteiger partial charge is 0.328 e. The number of nitrogens with one attached hydrogen (secondary N) is 6. The molecule has 0 spiro atoms. The minimum Gasteiger partial charge on any atom is -0.467 e. The van der Waals surface area contributed by atoms with Crippen LogP contribution in [0, 0.1) is 0 Å². The first-order valence-electron chi connectivity index (χ1n) is 39.5. The number of urea groups is 2. The number of amides is 6. The van der Waals surface area contributed by atoms with Crippen molar-refractivity contribution in [1.82, 2.24) is 31.9 Å². The first-order chi connectivity index (χ1) is 44.6. The molecular formula is C77H152N6O8. The lowest BCUT2D eigenvalue weighted by Gasteiger charge is -2.18. The van der Waals surface area contributed by atoms with E-state index in [9.17, 15) is 28.8 Å². The zero-order valence-electron chi connectivity index (χ0n) is 61.0. The van der Waals surface area contributed by atoms with Gasteiger partial charge in [0, 0.05) is 39.0 Å². The van der Waals surface area contributed by atoms with Gasteiger partial charge in [-0.25, -0.2) is 19.2 Å². The van der Waals surface area contributed by atoms with Crippen molar-refractivity contribution in [1.29, 1.82) is 0 Å². The summed E-state index contributed by atoms with van der Waals surface area (Å²) in [6.45, 7) is 13.5. The average Bonchev–Trinajstić information content (AvgIpc) is 3.60. The van der Waals surface area contributed by atoms with Crippen molar-refractivity contribution < 1.29 is 38.2 Å². The molecule has 0 bridgehead atoms. The summed E-state index contributed by atoms with van der Waals surface area (Å²) in [5, 5.41) is 17.3. The molecule has 6 amide bonds. The summed E-state index contributed by atoms with van der Waals surface area (Å²) in [4.78, 5) is 73.6. The fraction of sp³-hybridized carbons (Fsp3) is 0.922. The number of esters is 2. The predicted molar refractivity (Wildman–Crippen MR) is 386 cm³/mol. The van der Waals surface area contributed by atoms with E-state index in [4.69, 9.17) is 9.47 Å². The van der Waals surface area contributed by atoms with Crippen LogP contribution in [0.2, 0.25) is 0 Å². The Morgan fingerprint density at radius 2 is 0.484 bits per heavy atom. The second-order valence-corrected chi connectivity index (χ2v) is 26.6. The summed E-state index contributed by atoms with van der Waals surface area (Å²) in [7, 11) is 1.35. The van der Waals surface area contributed by atoms with Gasteiger partial charge in [-0.15, -0.1) is 0 Å². The van der Waals surface area contributed by atoms with E-state index in [0.29, 0.717) is 51.9 Å². The minimum absolute atomic E-state index is 0.106. The Balaban J connectivity index is 0. The first-order valence-corrected chi connectivity index (χ1v) is 39.5. The second-order valence-electron chi connectivity index (χ2n) is 26.6. The SMILES string of the molecule is CCCCCCCCCCCCCCCCCCNC(=O)NC(CCCCNC(=O)CCCCCCCCCCC)C(=O)OC.CCCCCCCCCCCCCCCCCCNC(=O)NC(CCCCNC(=O)CCCCCCCCCCC)C(=O)OCC. The Morgan fingerprint density at radius 1 is 0.264 bits per heavy atom. The highest BCUT2D eigenvalue weighted by Gasteiger charge is 2.22. The number of rotatable bonds is 69. The summed E-state index contributed by atoms with van der Waals surface area (Å²) in [6, 6.07) is -1.96. The van der Waals surface area contributed by atoms with Crippen molar-refractivity contribution in [3.63, 3.8) is 0 Å². The van der Waals surface area contributed by atoms with Gasteiger partial charge in [0.25, 0.3) is 0 Å². The third-order valence-corrected chi connectivity index (χ3v) is 17.8. The summed E-state index contributed by atoms with van der Waals surface area (Å²) in [6.07, 6.45) is 69.9. The predicted octanol–water partition coefficient (Wildman–Crippen LogP) is 21.0. The lowest BCUT2D eigenvalue weighted by Crippen LogP contribution is -2.47. The molecule has 0 aromatic rings. The quantitative estimate of drug-likeness (QED) is 0.0256. The lowest BCUT2D eigenvalue weighted by molar-refractivity contribution is -0.145. The van der Waals surface area contributed by atoms with Gasteiger partial charge in [-0.1, -0.05) is 323 Å². The number of hydrogen-bond acceptors (Lipinski definition) is 8. The monoisotopic (exact) mass is 1290 g/mol. The number of carbonyl (C=O) groups excluding carboxylic acids is 6. The molecule has 0 aromatic carbocycles. The van der Waals surface area contributed by atoms with E-state index in [0.717, 1.165) is 77.0 Å². The topological polar surface area (TPSA) is 193 Å². The van der Waals surface area contributed by atoms with E-state index >= 15 is 0 Å². The Kier molecular flexibility index (Phi) is 74.2. The number of unbranched alkanes of at least 4 members (excludes halogenated alkanes) is 48. The van der Waals surface area contributed by atoms with Crippen LogP contribution in [0.1, 0.15) is 407 Å². The molecule has 538 valence electrons. The van der Waals surface area contributed by atoms with Crippen molar-refractivity contribution >= 4 is 35.8 Å². The molecule has 6 N–H and O–H groups in total. The van der Waals surface area contributed by atoms with Crippen LogP contribution in [0.3, 0.4) is 0 Å². The van der Waals surface area contributed by atoms with Crippen LogP contribution >= 0.6 is 0 Å². The molecule has 14 nitrogen and oxygen atoms in total. The maximum Gasteiger partial charge on any atom is 0.328 e. The van der Waals surface area contributed by atoms with Crippen molar-refractivity contribution in [3.8, 4) is 0 Å². The molecule has 2 unspecified atom stereocenters. The highest BCUT2D eigenvalue weighted by molar-refractivity contribution is 5.84.